The number of rotatable bonds is 1. The van der Waals surface area contributed by atoms with Crippen LogP contribution in [0.1, 0.15) is 12.0 Å². The summed E-state index contributed by atoms with van der Waals surface area (Å²) < 4.78 is 0. The van der Waals surface area contributed by atoms with Gasteiger partial charge in [0.05, 0.1) is 0 Å². The second-order valence-electron chi connectivity index (χ2n) is 2.31. The molecule has 0 aliphatic heterocycles. The molecule has 0 aromatic carbocycles. The number of aliphatic carboxylic acids is 1. The number of carboxylic acid groups (broad SMARTS) is 1. The van der Waals surface area contributed by atoms with Crippen molar-refractivity contribution in [1.29, 1.82) is 0 Å². The van der Waals surface area contributed by atoms with Gasteiger partial charge in [-0.1, -0.05) is 11.8 Å². The van der Waals surface area contributed by atoms with E-state index in [2.05, 4.69) is 16.8 Å². The zero-order valence-corrected chi connectivity index (χ0v) is 6.70. The number of pyridine rings is 1. The van der Waals surface area contributed by atoms with Gasteiger partial charge in [0.2, 0.25) is 5.56 Å². The van der Waals surface area contributed by atoms with Gasteiger partial charge in [0.1, 0.15) is 6.42 Å². The van der Waals surface area contributed by atoms with Gasteiger partial charge in [0.15, 0.2) is 0 Å². The molecule has 66 valence electrons. The Bertz CT molecular complexity index is 422. The highest BCUT2D eigenvalue weighted by molar-refractivity contribution is 5.70. The van der Waals surface area contributed by atoms with E-state index >= 15 is 0 Å². The minimum absolute atomic E-state index is 0.215. The maximum absolute atomic E-state index is 10.7. The summed E-state index contributed by atoms with van der Waals surface area (Å²) in [5.41, 5.74) is 0.270. The third-order valence-corrected chi connectivity index (χ3v) is 1.25. The van der Waals surface area contributed by atoms with Crippen LogP contribution in [0.4, 0.5) is 0 Å². The standard InChI is InChI=1S/C9H7NO3/c11-8-6-7(4-5-10-8)2-1-3-9(12)13/h4-6H,3H2,(H,10,11)(H,12,13). The molecule has 4 heteroatoms. The Morgan fingerprint density at radius 2 is 2.38 bits per heavy atom. The summed E-state index contributed by atoms with van der Waals surface area (Å²) in [6, 6.07) is 2.92. The number of H-pyrrole nitrogens is 1. The maximum atomic E-state index is 10.7. The Morgan fingerprint density at radius 1 is 1.62 bits per heavy atom. The average molecular weight is 177 g/mol. The molecule has 0 unspecified atom stereocenters. The highest BCUT2D eigenvalue weighted by Crippen LogP contribution is 1.88. The highest BCUT2D eigenvalue weighted by atomic mass is 16.4. The lowest BCUT2D eigenvalue weighted by molar-refractivity contribution is -0.135. The van der Waals surface area contributed by atoms with Gasteiger partial charge >= 0.3 is 5.97 Å². The van der Waals surface area contributed by atoms with E-state index in [1.165, 1.54) is 12.3 Å². The fourth-order valence-corrected chi connectivity index (χ4v) is 0.744. The lowest BCUT2D eigenvalue weighted by Gasteiger charge is -1.85. The van der Waals surface area contributed by atoms with E-state index in [1.807, 2.05) is 0 Å². The third-order valence-electron chi connectivity index (χ3n) is 1.25. The van der Waals surface area contributed by atoms with Gasteiger partial charge < -0.3 is 10.1 Å². The molecule has 1 heterocycles. The summed E-state index contributed by atoms with van der Waals surface area (Å²) in [6.07, 6.45) is 1.25. The fourth-order valence-electron chi connectivity index (χ4n) is 0.744. The van der Waals surface area contributed by atoms with E-state index in [0.717, 1.165) is 0 Å². The molecule has 0 amide bonds. The van der Waals surface area contributed by atoms with Crippen molar-refractivity contribution >= 4 is 5.97 Å². The van der Waals surface area contributed by atoms with Gasteiger partial charge in [-0.3, -0.25) is 9.59 Å². The SMILES string of the molecule is O=C(O)CC#Cc1cc[nH]c(=O)c1. The number of carbonyl (C=O) groups is 1. The Kier molecular flexibility index (Phi) is 2.87. The first-order chi connectivity index (χ1) is 6.18. The van der Waals surface area contributed by atoms with Crippen molar-refractivity contribution in [1.82, 2.24) is 4.98 Å². The van der Waals surface area contributed by atoms with Crippen LogP contribution in [-0.2, 0) is 4.79 Å². The van der Waals surface area contributed by atoms with Gasteiger partial charge in [-0.15, -0.1) is 0 Å². The van der Waals surface area contributed by atoms with E-state index in [9.17, 15) is 9.59 Å². The first kappa shape index (κ1) is 9.07. The van der Waals surface area contributed by atoms with Gasteiger partial charge in [-0.2, -0.15) is 0 Å². The van der Waals surface area contributed by atoms with Gasteiger partial charge in [0, 0.05) is 17.8 Å². The Hall–Kier alpha value is -2.02. The van der Waals surface area contributed by atoms with Crippen molar-refractivity contribution in [2.75, 3.05) is 0 Å². The highest BCUT2D eigenvalue weighted by Gasteiger charge is 1.89. The van der Waals surface area contributed by atoms with E-state index in [-0.39, 0.29) is 12.0 Å². The molecular weight excluding hydrogens is 170 g/mol. The minimum atomic E-state index is -0.975. The van der Waals surface area contributed by atoms with E-state index < -0.39 is 5.97 Å². The van der Waals surface area contributed by atoms with Crippen LogP contribution in [0.2, 0.25) is 0 Å². The summed E-state index contributed by atoms with van der Waals surface area (Å²) in [6.45, 7) is 0. The van der Waals surface area contributed by atoms with Crippen LogP contribution in [0.25, 0.3) is 0 Å². The molecule has 1 aromatic rings. The molecule has 0 saturated carbocycles. The monoisotopic (exact) mass is 177 g/mol. The molecular formula is C9H7NO3. The van der Waals surface area contributed by atoms with Crippen LogP contribution in [-0.4, -0.2) is 16.1 Å². The summed E-state index contributed by atoms with van der Waals surface area (Å²) in [4.78, 5) is 23.3. The van der Waals surface area contributed by atoms with Crippen molar-refractivity contribution in [2.24, 2.45) is 0 Å². The van der Waals surface area contributed by atoms with E-state index in [4.69, 9.17) is 5.11 Å². The molecule has 0 atom stereocenters. The Morgan fingerprint density at radius 3 is 3.00 bits per heavy atom. The number of nitrogens with one attached hydrogen (secondary N) is 1. The van der Waals surface area contributed by atoms with Crippen molar-refractivity contribution in [2.45, 2.75) is 6.42 Å². The normalized spacial score (nSPS) is 8.62. The molecule has 0 fully saturated rings. The molecule has 0 bridgehead atoms. The van der Waals surface area contributed by atoms with Crippen molar-refractivity contribution in [3.05, 3.63) is 34.2 Å². The van der Waals surface area contributed by atoms with Crippen molar-refractivity contribution in [3.63, 3.8) is 0 Å². The van der Waals surface area contributed by atoms with E-state index in [1.54, 1.807) is 6.07 Å². The number of hydrogen-bond acceptors (Lipinski definition) is 2. The van der Waals surface area contributed by atoms with Crippen LogP contribution in [0.15, 0.2) is 23.1 Å². The summed E-state index contributed by atoms with van der Waals surface area (Å²) >= 11 is 0. The number of aromatic nitrogens is 1. The number of hydrogen-bond donors (Lipinski definition) is 2. The smallest absolute Gasteiger partial charge is 0.315 e. The molecule has 1 rings (SSSR count). The minimum Gasteiger partial charge on any atom is -0.481 e. The average Bonchev–Trinajstić information content (AvgIpc) is 2.03. The predicted molar refractivity (Wildman–Crippen MR) is 46.2 cm³/mol. The maximum Gasteiger partial charge on any atom is 0.315 e. The second kappa shape index (κ2) is 4.12. The number of carboxylic acids is 1. The van der Waals surface area contributed by atoms with Crippen LogP contribution in [0.3, 0.4) is 0 Å². The van der Waals surface area contributed by atoms with Crippen LogP contribution in [0.5, 0.6) is 0 Å². The quantitative estimate of drug-likeness (QED) is 0.602. The second-order valence-corrected chi connectivity index (χ2v) is 2.31. The van der Waals surface area contributed by atoms with Crippen molar-refractivity contribution < 1.29 is 9.90 Å². The molecule has 0 radical (unpaired) electrons. The van der Waals surface area contributed by atoms with Crippen LogP contribution in [0, 0.1) is 11.8 Å². The van der Waals surface area contributed by atoms with E-state index in [0.29, 0.717) is 5.56 Å². The van der Waals surface area contributed by atoms with Gasteiger partial charge in [-0.05, 0) is 6.07 Å². The first-order valence-electron chi connectivity index (χ1n) is 3.58. The molecule has 0 aliphatic rings. The molecule has 0 aliphatic carbocycles. The summed E-state index contributed by atoms with van der Waals surface area (Å²) in [5.74, 6) is 4.02. The third kappa shape index (κ3) is 3.25. The van der Waals surface area contributed by atoms with Crippen molar-refractivity contribution in [3.8, 4) is 11.8 Å². The predicted octanol–water partition coefficient (Wildman–Crippen LogP) is 0.201. The molecule has 0 spiro atoms. The molecule has 4 nitrogen and oxygen atoms in total. The zero-order chi connectivity index (χ0) is 9.68. The largest absolute Gasteiger partial charge is 0.481 e. The molecule has 1 aromatic heterocycles. The lowest BCUT2D eigenvalue weighted by Crippen LogP contribution is -2.02. The first-order valence-corrected chi connectivity index (χ1v) is 3.58. The lowest BCUT2D eigenvalue weighted by atomic mass is 10.2. The molecule has 13 heavy (non-hydrogen) atoms. The van der Waals surface area contributed by atoms with Gasteiger partial charge in [0.25, 0.3) is 0 Å². The Labute approximate surface area is 74.2 Å². The Balaban J connectivity index is 2.78. The molecule has 0 saturated heterocycles. The van der Waals surface area contributed by atoms with Gasteiger partial charge in [-0.25, -0.2) is 0 Å². The van der Waals surface area contributed by atoms with Crippen LogP contribution >= 0.6 is 0 Å². The zero-order valence-electron chi connectivity index (χ0n) is 6.70. The topological polar surface area (TPSA) is 70.2 Å². The molecule has 2 N–H and O–H groups in total. The summed E-state index contributed by atoms with van der Waals surface area (Å²) in [7, 11) is 0. The number of aromatic amines is 1. The van der Waals surface area contributed by atoms with Crippen LogP contribution < -0.4 is 5.56 Å². The fraction of sp³-hybridized carbons (Fsp3) is 0.111. The summed E-state index contributed by atoms with van der Waals surface area (Å²) in [5, 5.41) is 8.28.